The van der Waals surface area contributed by atoms with E-state index in [0.717, 1.165) is 25.0 Å². The third-order valence-electron chi connectivity index (χ3n) is 4.81. The molecule has 124 valence electrons. The molecule has 1 N–H and O–H groups in total. The molecule has 2 aromatic heterocycles. The Hall–Kier alpha value is -2.63. The molecule has 1 fully saturated rings. The number of aryl methyl sites for hydroxylation is 1. The Morgan fingerprint density at radius 1 is 1.38 bits per heavy atom. The molecule has 1 amide bonds. The maximum Gasteiger partial charge on any atom is 0.256 e. The van der Waals surface area contributed by atoms with Gasteiger partial charge in [-0.1, -0.05) is 0 Å². The van der Waals surface area contributed by atoms with Crippen molar-refractivity contribution in [3.05, 3.63) is 53.9 Å². The first-order valence-electron chi connectivity index (χ1n) is 8.20. The van der Waals surface area contributed by atoms with Crippen LogP contribution in [-0.2, 0) is 7.05 Å². The largest absolute Gasteiger partial charge is 0.353 e. The number of piperidine rings is 1. The van der Waals surface area contributed by atoms with Gasteiger partial charge >= 0.3 is 0 Å². The third-order valence-corrected chi connectivity index (χ3v) is 4.81. The third kappa shape index (κ3) is 2.38. The smallest absolute Gasteiger partial charge is 0.256 e. The van der Waals surface area contributed by atoms with Crippen LogP contribution in [-0.4, -0.2) is 31.9 Å². The van der Waals surface area contributed by atoms with E-state index in [0.29, 0.717) is 23.1 Å². The standard InChI is InChI=1S/C18H19FN4O/c1-22-7-4-6-15(22)16-5-2-3-8-23(16)18(24)13-9-12(19)10-14-17(13)21-11-20-14/h4,6-7,9-11,16H,2-3,5,8H2,1H3,(H,20,21)/t16-/m0/s1. The number of aromatic amines is 1. The van der Waals surface area contributed by atoms with E-state index in [-0.39, 0.29) is 11.9 Å². The van der Waals surface area contributed by atoms with Gasteiger partial charge in [0.1, 0.15) is 11.3 Å². The van der Waals surface area contributed by atoms with Gasteiger partial charge in [0.15, 0.2) is 0 Å². The van der Waals surface area contributed by atoms with Crippen molar-refractivity contribution in [3.8, 4) is 0 Å². The second kappa shape index (κ2) is 5.78. The van der Waals surface area contributed by atoms with Crippen molar-refractivity contribution in [2.45, 2.75) is 25.3 Å². The number of H-pyrrole nitrogens is 1. The fraction of sp³-hybridized carbons (Fsp3) is 0.333. The molecule has 1 aliphatic heterocycles. The second-order valence-corrected chi connectivity index (χ2v) is 6.31. The number of rotatable bonds is 2. The van der Waals surface area contributed by atoms with Gasteiger partial charge in [0, 0.05) is 25.5 Å². The van der Waals surface area contributed by atoms with E-state index in [9.17, 15) is 9.18 Å². The van der Waals surface area contributed by atoms with Crippen LogP contribution in [0.3, 0.4) is 0 Å². The Labute approximate surface area is 139 Å². The highest BCUT2D eigenvalue weighted by Gasteiger charge is 2.31. The molecule has 0 radical (unpaired) electrons. The predicted octanol–water partition coefficient (Wildman–Crippen LogP) is 3.41. The molecular weight excluding hydrogens is 307 g/mol. The molecule has 4 rings (SSSR count). The lowest BCUT2D eigenvalue weighted by atomic mass is 9.97. The van der Waals surface area contributed by atoms with Gasteiger partial charge in [-0.2, -0.15) is 0 Å². The summed E-state index contributed by atoms with van der Waals surface area (Å²) in [6, 6.07) is 6.71. The normalized spacial score (nSPS) is 18.2. The molecule has 1 saturated heterocycles. The number of hydrogen-bond acceptors (Lipinski definition) is 2. The number of likely N-dealkylation sites (tertiary alicyclic amines) is 1. The molecule has 3 heterocycles. The van der Waals surface area contributed by atoms with Gasteiger partial charge in [-0.05, 0) is 43.5 Å². The zero-order valence-electron chi connectivity index (χ0n) is 13.5. The molecule has 0 saturated carbocycles. The van der Waals surface area contributed by atoms with Crippen LogP contribution >= 0.6 is 0 Å². The molecule has 24 heavy (non-hydrogen) atoms. The maximum atomic E-state index is 13.9. The van der Waals surface area contributed by atoms with Gasteiger partial charge in [0.05, 0.1) is 23.4 Å². The summed E-state index contributed by atoms with van der Waals surface area (Å²) < 4.78 is 16.0. The summed E-state index contributed by atoms with van der Waals surface area (Å²) in [7, 11) is 1.99. The number of carbonyl (C=O) groups excluding carboxylic acids is 1. The van der Waals surface area contributed by atoms with E-state index in [1.807, 2.05) is 34.8 Å². The van der Waals surface area contributed by atoms with Crippen molar-refractivity contribution in [2.75, 3.05) is 6.54 Å². The van der Waals surface area contributed by atoms with Crippen LogP contribution in [0.5, 0.6) is 0 Å². The molecular formula is C18H19FN4O. The first-order chi connectivity index (χ1) is 11.6. The molecule has 0 aliphatic carbocycles. The molecule has 0 bridgehead atoms. The summed E-state index contributed by atoms with van der Waals surface area (Å²) in [6.45, 7) is 0.678. The van der Waals surface area contributed by atoms with Crippen LogP contribution in [0.1, 0.15) is 41.4 Å². The summed E-state index contributed by atoms with van der Waals surface area (Å²) >= 11 is 0. The van der Waals surface area contributed by atoms with Crippen molar-refractivity contribution in [2.24, 2.45) is 7.05 Å². The number of imidazole rings is 1. The van der Waals surface area contributed by atoms with Gasteiger partial charge in [0.2, 0.25) is 0 Å². The first kappa shape index (κ1) is 14.9. The van der Waals surface area contributed by atoms with E-state index in [1.54, 1.807) is 0 Å². The second-order valence-electron chi connectivity index (χ2n) is 6.31. The van der Waals surface area contributed by atoms with Crippen molar-refractivity contribution in [1.29, 1.82) is 0 Å². The minimum atomic E-state index is -0.428. The molecule has 1 aromatic carbocycles. The Kier molecular flexibility index (Phi) is 3.59. The van der Waals surface area contributed by atoms with Gasteiger partial charge in [-0.3, -0.25) is 4.79 Å². The summed E-state index contributed by atoms with van der Waals surface area (Å²) in [6.07, 6.45) is 6.45. The van der Waals surface area contributed by atoms with Crippen molar-refractivity contribution in [3.63, 3.8) is 0 Å². The average Bonchev–Trinajstić information content (AvgIpc) is 3.22. The Bertz CT molecular complexity index is 897. The lowest BCUT2D eigenvalue weighted by Crippen LogP contribution is -2.39. The van der Waals surface area contributed by atoms with E-state index in [1.165, 1.54) is 18.5 Å². The Balaban J connectivity index is 1.76. The van der Waals surface area contributed by atoms with E-state index < -0.39 is 5.82 Å². The quantitative estimate of drug-likeness (QED) is 0.784. The lowest BCUT2D eigenvalue weighted by Gasteiger charge is -2.36. The number of aromatic nitrogens is 3. The first-order valence-corrected chi connectivity index (χ1v) is 8.20. The van der Waals surface area contributed by atoms with Crippen LogP contribution in [0.15, 0.2) is 36.8 Å². The van der Waals surface area contributed by atoms with Gasteiger partial charge in [-0.25, -0.2) is 9.37 Å². The van der Waals surface area contributed by atoms with Crippen LogP contribution in [0.2, 0.25) is 0 Å². The highest BCUT2D eigenvalue weighted by molar-refractivity contribution is 6.05. The zero-order chi connectivity index (χ0) is 16.7. The molecule has 6 heteroatoms. The molecule has 5 nitrogen and oxygen atoms in total. The summed E-state index contributed by atoms with van der Waals surface area (Å²) in [5, 5.41) is 0. The van der Waals surface area contributed by atoms with Gasteiger partial charge in [0.25, 0.3) is 5.91 Å². The molecule has 0 spiro atoms. The number of amides is 1. The number of nitrogens with zero attached hydrogens (tertiary/aromatic N) is 3. The van der Waals surface area contributed by atoms with Gasteiger partial charge in [-0.15, -0.1) is 0 Å². The average molecular weight is 326 g/mol. The number of hydrogen-bond donors (Lipinski definition) is 1. The van der Waals surface area contributed by atoms with Gasteiger partial charge < -0.3 is 14.5 Å². The highest BCUT2D eigenvalue weighted by Crippen LogP contribution is 2.33. The number of nitrogens with one attached hydrogen (secondary N) is 1. The van der Waals surface area contributed by atoms with Crippen molar-refractivity contribution < 1.29 is 9.18 Å². The molecule has 1 aliphatic rings. The fourth-order valence-electron chi connectivity index (χ4n) is 3.64. The number of fused-ring (bicyclic) bond motifs is 1. The number of benzene rings is 1. The summed E-state index contributed by atoms with van der Waals surface area (Å²) in [5.41, 5.74) is 2.51. The topological polar surface area (TPSA) is 53.9 Å². The number of carbonyl (C=O) groups is 1. The SMILES string of the molecule is Cn1cccc1[C@@H]1CCCCN1C(=O)c1cc(F)cc2[nH]cnc12. The van der Waals surface area contributed by atoms with Crippen molar-refractivity contribution >= 4 is 16.9 Å². The van der Waals surface area contributed by atoms with E-state index in [4.69, 9.17) is 0 Å². The van der Waals surface area contributed by atoms with E-state index in [2.05, 4.69) is 9.97 Å². The summed E-state index contributed by atoms with van der Waals surface area (Å²) in [4.78, 5) is 22.1. The van der Waals surface area contributed by atoms with Crippen LogP contribution in [0.4, 0.5) is 4.39 Å². The molecule has 0 unspecified atom stereocenters. The zero-order valence-corrected chi connectivity index (χ0v) is 13.5. The maximum absolute atomic E-state index is 13.9. The highest BCUT2D eigenvalue weighted by atomic mass is 19.1. The lowest BCUT2D eigenvalue weighted by molar-refractivity contribution is 0.0604. The van der Waals surface area contributed by atoms with Crippen LogP contribution < -0.4 is 0 Å². The van der Waals surface area contributed by atoms with Crippen molar-refractivity contribution in [1.82, 2.24) is 19.4 Å². The monoisotopic (exact) mass is 326 g/mol. The minimum absolute atomic E-state index is 0.0171. The predicted molar refractivity (Wildman–Crippen MR) is 89.1 cm³/mol. The van der Waals surface area contributed by atoms with Crippen LogP contribution in [0.25, 0.3) is 11.0 Å². The molecule has 1 atom stereocenters. The van der Waals surface area contributed by atoms with E-state index >= 15 is 0 Å². The van der Waals surface area contributed by atoms with Crippen LogP contribution in [0, 0.1) is 5.82 Å². The fourth-order valence-corrected chi connectivity index (χ4v) is 3.64. The summed E-state index contributed by atoms with van der Waals surface area (Å²) in [5.74, 6) is -0.583. The Morgan fingerprint density at radius 2 is 2.25 bits per heavy atom. The number of halogens is 1. The Morgan fingerprint density at radius 3 is 3.04 bits per heavy atom. The molecule has 3 aromatic rings. The minimum Gasteiger partial charge on any atom is -0.353 e.